The van der Waals surface area contributed by atoms with Gasteiger partial charge in [0.25, 0.3) is 0 Å². The second kappa shape index (κ2) is 4.13. The molecule has 1 fully saturated rings. The highest BCUT2D eigenvalue weighted by Gasteiger charge is 2.16. The highest BCUT2D eigenvalue weighted by Crippen LogP contribution is 2.20. The topological polar surface area (TPSA) is 62.7 Å². The van der Waals surface area contributed by atoms with Gasteiger partial charge in [-0.25, -0.2) is 4.52 Å². The predicted octanol–water partition coefficient (Wildman–Crippen LogP) is 0.372. The summed E-state index contributed by atoms with van der Waals surface area (Å²) >= 11 is 0. The van der Waals surface area contributed by atoms with E-state index in [9.17, 15) is 0 Å². The molecule has 2 aromatic heterocycles. The van der Waals surface area contributed by atoms with Crippen molar-refractivity contribution in [1.29, 1.82) is 0 Å². The number of rotatable bonds is 1. The van der Waals surface area contributed by atoms with E-state index in [0.29, 0.717) is 5.95 Å². The van der Waals surface area contributed by atoms with Crippen LogP contribution in [0.3, 0.4) is 0 Å². The summed E-state index contributed by atoms with van der Waals surface area (Å²) in [6.07, 6.45) is 2.01. The van der Waals surface area contributed by atoms with E-state index in [1.54, 1.807) is 4.52 Å². The number of nitrogen functional groups attached to an aromatic ring is 1. The summed E-state index contributed by atoms with van der Waals surface area (Å²) in [5.74, 6) is 0.327. The molecular formula is C12H18N6. The van der Waals surface area contributed by atoms with Crippen LogP contribution in [-0.2, 0) is 0 Å². The molecule has 1 saturated heterocycles. The van der Waals surface area contributed by atoms with E-state index >= 15 is 0 Å². The van der Waals surface area contributed by atoms with Gasteiger partial charge >= 0.3 is 0 Å². The van der Waals surface area contributed by atoms with E-state index in [-0.39, 0.29) is 0 Å². The van der Waals surface area contributed by atoms with Gasteiger partial charge in [-0.2, -0.15) is 4.98 Å². The van der Waals surface area contributed by atoms with Gasteiger partial charge in [0.05, 0.1) is 11.9 Å². The molecule has 6 nitrogen and oxygen atoms in total. The summed E-state index contributed by atoms with van der Waals surface area (Å²) in [7, 11) is 2.16. The van der Waals surface area contributed by atoms with Crippen molar-refractivity contribution in [2.75, 3.05) is 43.9 Å². The zero-order valence-corrected chi connectivity index (χ0v) is 10.8. The molecule has 1 aliphatic heterocycles. The van der Waals surface area contributed by atoms with Crippen molar-refractivity contribution in [2.24, 2.45) is 0 Å². The van der Waals surface area contributed by atoms with Crippen LogP contribution in [0.25, 0.3) is 5.65 Å². The van der Waals surface area contributed by atoms with Crippen LogP contribution in [0.15, 0.2) is 12.3 Å². The second-order valence-corrected chi connectivity index (χ2v) is 4.91. The molecule has 2 aromatic rings. The smallest absolute Gasteiger partial charge is 0.240 e. The van der Waals surface area contributed by atoms with E-state index in [1.165, 1.54) is 5.69 Å². The average Bonchev–Trinajstić information content (AvgIpc) is 2.71. The average molecular weight is 246 g/mol. The Bertz CT molecular complexity index is 567. The predicted molar refractivity (Wildman–Crippen MR) is 71.8 cm³/mol. The van der Waals surface area contributed by atoms with E-state index in [0.717, 1.165) is 37.4 Å². The molecule has 96 valence electrons. The molecule has 3 heterocycles. The lowest BCUT2D eigenvalue weighted by Gasteiger charge is -2.34. The van der Waals surface area contributed by atoms with Gasteiger partial charge in [0.2, 0.25) is 5.95 Å². The molecular weight excluding hydrogens is 228 g/mol. The Morgan fingerprint density at radius 3 is 2.67 bits per heavy atom. The number of hydrogen-bond acceptors (Lipinski definition) is 5. The minimum Gasteiger partial charge on any atom is -0.368 e. The fourth-order valence-corrected chi connectivity index (χ4v) is 2.39. The maximum Gasteiger partial charge on any atom is 0.240 e. The quantitative estimate of drug-likeness (QED) is 0.787. The van der Waals surface area contributed by atoms with Crippen molar-refractivity contribution in [3.05, 3.63) is 17.8 Å². The number of fused-ring (bicyclic) bond motifs is 1. The zero-order valence-electron chi connectivity index (χ0n) is 10.8. The van der Waals surface area contributed by atoms with Crippen molar-refractivity contribution in [3.63, 3.8) is 0 Å². The molecule has 6 heteroatoms. The monoisotopic (exact) mass is 246 g/mol. The van der Waals surface area contributed by atoms with Crippen LogP contribution in [0.2, 0.25) is 0 Å². The van der Waals surface area contributed by atoms with Gasteiger partial charge in [0, 0.05) is 26.2 Å². The summed E-state index contributed by atoms with van der Waals surface area (Å²) in [6, 6.07) is 2.16. The Balaban J connectivity index is 1.97. The molecule has 0 atom stereocenters. The van der Waals surface area contributed by atoms with Crippen LogP contribution >= 0.6 is 0 Å². The standard InChI is InChI=1S/C12H18N6/c1-9-7-10(17-5-3-16(2)4-6-17)8-18-11(9)14-12(13)15-18/h7-8H,3-6H2,1-2H3,(H2,13,15). The summed E-state index contributed by atoms with van der Waals surface area (Å²) in [5.41, 5.74) is 8.78. The van der Waals surface area contributed by atoms with E-state index in [1.807, 2.05) is 13.1 Å². The largest absolute Gasteiger partial charge is 0.368 e. The van der Waals surface area contributed by atoms with Gasteiger partial charge < -0.3 is 15.5 Å². The fraction of sp³-hybridized carbons (Fsp3) is 0.500. The molecule has 0 spiro atoms. The van der Waals surface area contributed by atoms with Gasteiger partial charge in [0.15, 0.2) is 5.65 Å². The Hall–Kier alpha value is -1.82. The first kappa shape index (κ1) is 11.3. The third kappa shape index (κ3) is 1.88. The molecule has 0 bridgehead atoms. The number of aromatic nitrogens is 3. The highest BCUT2D eigenvalue weighted by molar-refractivity contribution is 5.58. The molecule has 0 radical (unpaired) electrons. The molecule has 2 N–H and O–H groups in total. The summed E-state index contributed by atoms with van der Waals surface area (Å²) < 4.78 is 1.78. The first-order chi connectivity index (χ1) is 8.63. The molecule has 0 unspecified atom stereocenters. The number of piperazine rings is 1. The molecule has 0 saturated carbocycles. The van der Waals surface area contributed by atoms with Gasteiger partial charge in [-0.15, -0.1) is 5.10 Å². The van der Waals surface area contributed by atoms with Crippen LogP contribution in [0.1, 0.15) is 5.56 Å². The van der Waals surface area contributed by atoms with Crippen molar-refractivity contribution in [2.45, 2.75) is 6.92 Å². The molecule has 1 aliphatic rings. The maximum absolute atomic E-state index is 5.64. The third-order valence-corrected chi connectivity index (χ3v) is 3.49. The molecule has 0 aliphatic carbocycles. The molecule has 18 heavy (non-hydrogen) atoms. The number of nitrogens with zero attached hydrogens (tertiary/aromatic N) is 5. The fourth-order valence-electron chi connectivity index (χ4n) is 2.39. The van der Waals surface area contributed by atoms with Crippen molar-refractivity contribution >= 4 is 17.3 Å². The van der Waals surface area contributed by atoms with Crippen molar-refractivity contribution < 1.29 is 0 Å². The Morgan fingerprint density at radius 2 is 1.94 bits per heavy atom. The maximum atomic E-state index is 5.64. The minimum atomic E-state index is 0.327. The molecule has 0 amide bonds. The van der Waals surface area contributed by atoms with Gasteiger partial charge in [-0.1, -0.05) is 0 Å². The first-order valence-corrected chi connectivity index (χ1v) is 6.19. The number of pyridine rings is 1. The SMILES string of the molecule is Cc1cc(N2CCN(C)CC2)cn2nc(N)nc12. The van der Waals surface area contributed by atoms with Gasteiger partial charge in [-0.3, -0.25) is 0 Å². The van der Waals surface area contributed by atoms with E-state index in [2.05, 4.69) is 33.0 Å². The van der Waals surface area contributed by atoms with Crippen LogP contribution in [0, 0.1) is 6.92 Å². The molecule has 0 aromatic carbocycles. The first-order valence-electron chi connectivity index (χ1n) is 6.19. The minimum absolute atomic E-state index is 0.327. The number of nitrogens with two attached hydrogens (primary N) is 1. The van der Waals surface area contributed by atoms with Crippen LogP contribution in [0.5, 0.6) is 0 Å². The van der Waals surface area contributed by atoms with Crippen LogP contribution in [0.4, 0.5) is 11.6 Å². The Morgan fingerprint density at radius 1 is 1.22 bits per heavy atom. The Labute approximate surface area is 106 Å². The highest BCUT2D eigenvalue weighted by atomic mass is 15.3. The Kier molecular flexibility index (Phi) is 2.59. The molecule has 3 rings (SSSR count). The summed E-state index contributed by atoms with van der Waals surface area (Å²) in [5, 5.41) is 4.19. The zero-order chi connectivity index (χ0) is 12.7. The number of aryl methyl sites for hydroxylation is 1. The van der Waals surface area contributed by atoms with Crippen molar-refractivity contribution in [3.8, 4) is 0 Å². The lowest BCUT2D eigenvalue weighted by molar-refractivity contribution is 0.312. The number of hydrogen-bond donors (Lipinski definition) is 1. The third-order valence-electron chi connectivity index (χ3n) is 3.49. The number of anilines is 2. The summed E-state index contributed by atoms with van der Waals surface area (Å²) in [6.45, 7) is 6.33. The van der Waals surface area contributed by atoms with Crippen molar-refractivity contribution in [1.82, 2.24) is 19.5 Å². The summed E-state index contributed by atoms with van der Waals surface area (Å²) in [4.78, 5) is 8.94. The lowest BCUT2D eigenvalue weighted by Crippen LogP contribution is -2.44. The van der Waals surface area contributed by atoms with E-state index in [4.69, 9.17) is 5.73 Å². The van der Waals surface area contributed by atoms with E-state index < -0.39 is 0 Å². The lowest BCUT2D eigenvalue weighted by atomic mass is 10.2. The second-order valence-electron chi connectivity index (χ2n) is 4.91. The normalized spacial score (nSPS) is 17.6. The van der Waals surface area contributed by atoms with Crippen LogP contribution in [-0.4, -0.2) is 52.7 Å². The van der Waals surface area contributed by atoms with Gasteiger partial charge in [0.1, 0.15) is 0 Å². The number of likely N-dealkylation sites (N-methyl/N-ethyl adjacent to an activating group) is 1. The van der Waals surface area contributed by atoms with Crippen LogP contribution < -0.4 is 10.6 Å². The van der Waals surface area contributed by atoms with Gasteiger partial charge in [-0.05, 0) is 25.6 Å².